The molecule has 4 amide bonds. The molecular weight excluding hydrogens is 484 g/mol. The number of nitrogens with zero attached hydrogens (tertiary/aromatic N) is 3. The van der Waals surface area contributed by atoms with Crippen molar-refractivity contribution in [2.45, 2.75) is 0 Å². The van der Waals surface area contributed by atoms with Crippen LogP contribution in [0, 0.1) is 0 Å². The molecule has 11 heteroatoms. The van der Waals surface area contributed by atoms with Crippen LogP contribution >= 0.6 is 0 Å². The first-order valence-electron chi connectivity index (χ1n) is 11.5. The number of anilines is 5. The van der Waals surface area contributed by atoms with Crippen molar-refractivity contribution in [3.8, 4) is 0 Å². The minimum atomic E-state index is -0.488. The van der Waals surface area contributed by atoms with Gasteiger partial charge in [-0.05, 0) is 60.7 Å². The lowest BCUT2D eigenvalue weighted by Crippen LogP contribution is -2.20. The van der Waals surface area contributed by atoms with E-state index in [1.54, 1.807) is 72.9 Å². The van der Waals surface area contributed by atoms with Crippen LogP contribution in [-0.2, 0) is 0 Å². The van der Waals surface area contributed by atoms with Crippen LogP contribution in [0.5, 0.6) is 0 Å². The van der Waals surface area contributed by atoms with Gasteiger partial charge in [-0.25, -0.2) is 14.3 Å². The highest BCUT2D eigenvalue weighted by Gasteiger charge is 2.15. The number of nitrogens with two attached hydrogens (primary N) is 1. The number of carbonyl (C=O) groups is 3. The van der Waals surface area contributed by atoms with Crippen molar-refractivity contribution >= 4 is 51.9 Å². The Hall–Kier alpha value is -5.71. The molecule has 0 aliphatic carbocycles. The number of aromatic nitrogens is 3. The predicted octanol–water partition coefficient (Wildman–Crippen LogP) is 4.46. The Labute approximate surface area is 216 Å². The molecule has 0 aliphatic rings. The normalized spacial score (nSPS) is 10.5. The number of urea groups is 1. The van der Waals surface area contributed by atoms with E-state index >= 15 is 0 Å². The maximum Gasteiger partial charge on any atom is 0.323 e. The van der Waals surface area contributed by atoms with Gasteiger partial charge in [-0.2, -0.15) is 5.10 Å². The summed E-state index contributed by atoms with van der Waals surface area (Å²) < 4.78 is 1.48. The van der Waals surface area contributed by atoms with Crippen LogP contribution in [0.4, 0.5) is 33.4 Å². The smallest absolute Gasteiger partial charge is 0.323 e. The molecular formula is C27H22N8O3. The number of nitrogen functional groups attached to an aromatic ring is 1. The van der Waals surface area contributed by atoms with Gasteiger partial charge >= 0.3 is 6.03 Å². The van der Waals surface area contributed by atoms with E-state index in [1.165, 1.54) is 10.8 Å². The minimum absolute atomic E-state index is 0.197. The zero-order valence-corrected chi connectivity index (χ0v) is 19.9. The largest absolute Gasteiger partial charge is 0.382 e. The molecule has 0 saturated heterocycles. The van der Waals surface area contributed by atoms with Gasteiger partial charge in [0.15, 0.2) is 5.82 Å². The lowest BCUT2D eigenvalue weighted by Gasteiger charge is -2.10. The standard InChI is InChI=1S/C27H22N8O3/c28-24-23-22(13-14-35(23)30-16-29-24)26(37)32-19-9-11-20(12-10-19)33-27(38)34-21-8-4-5-17(15-21)25(36)31-18-6-2-1-3-7-18/h1-16H,(H,31,36)(H,32,37)(H2,28,29,30)(H2,33,34,38). The molecule has 0 unspecified atom stereocenters. The van der Waals surface area contributed by atoms with Crippen LogP contribution in [0.25, 0.3) is 5.52 Å². The third kappa shape index (κ3) is 5.41. The lowest BCUT2D eigenvalue weighted by molar-refractivity contribution is 0.101. The highest BCUT2D eigenvalue weighted by molar-refractivity contribution is 6.10. The van der Waals surface area contributed by atoms with Gasteiger partial charge in [-0.3, -0.25) is 9.59 Å². The Balaban J connectivity index is 1.18. The van der Waals surface area contributed by atoms with Crippen molar-refractivity contribution in [1.82, 2.24) is 14.6 Å². The molecule has 3 aromatic carbocycles. The van der Waals surface area contributed by atoms with Gasteiger partial charge in [-0.1, -0.05) is 24.3 Å². The van der Waals surface area contributed by atoms with Crippen LogP contribution in [-0.4, -0.2) is 32.4 Å². The first kappa shape index (κ1) is 24.0. The van der Waals surface area contributed by atoms with Gasteiger partial charge in [0.25, 0.3) is 11.8 Å². The van der Waals surface area contributed by atoms with Crippen LogP contribution in [0.3, 0.4) is 0 Å². The maximum absolute atomic E-state index is 12.7. The summed E-state index contributed by atoms with van der Waals surface area (Å²) in [5.74, 6) is -0.465. The fourth-order valence-electron chi connectivity index (χ4n) is 3.75. The summed E-state index contributed by atoms with van der Waals surface area (Å²) in [6, 6.07) is 23.4. The summed E-state index contributed by atoms with van der Waals surface area (Å²) in [6.45, 7) is 0. The van der Waals surface area contributed by atoms with Crippen molar-refractivity contribution in [2.24, 2.45) is 0 Å². The Kier molecular flexibility index (Phi) is 6.63. The molecule has 2 heterocycles. The number of nitrogens with one attached hydrogen (secondary N) is 4. The lowest BCUT2D eigenvalue weighted by atomic mass is 10.2. The van der Waals surface area contributed by atoms with E-state index in [4.69, 9.17) is 5.73 Å². The summed E-state index contributed by atoms with van der Waals surface area (Å²) in [5.41, 5.74) is 9.20. The van der Waals surface area contributed by atoms with E-state index in [-0.39, 0.29) is 17.6 Å². The van der Waals surface area contributed by atoms with Crippen LogP contribution < -0.4 is 27.0 Å². The van der Waals surface area contributed by atoms with Crippen molar-refractivity contribution in [3.05, 3.63) is 109 Å². The van der Waals surface area contributed by atoms with Gasteiger partial charge in [0.1, 0.15) is 11.8 Å². The molecule has 0 radical (unpaired) electrons. The van der Waals surface area contributed by atoms with E-state index in [9.17, 15) is 14.4 Å². The quantitative estimate of drug-likeness (QED) is 0.229. The van der Waals surface area contributed by atoms with Crippen LogP contribution in [0.2, 0.25) is 0 Å². The number of amides is 4. The van der Waals surface area contributed by atoms with Crippen molar-refractivity contribution in [2.75, 3.05) is 27.0 Å². The molecule has 5 rings (SSSR count). The highest BCUT2D eigenvalue weighted by Crippen LogP contribution is 2.20. The Bertz CT molecular complexity index is 1630. The van der Waals surface area contributed by atoms with Gasteiger partial charge in [0.2, 0.25) is 0 Å². The number of para-hydroxylation sites is 1. The maximum atomic E-state index is 12.7. The second-order valence-corrected chi connectivity index (χ2v) is 8.18. The molecule has 0 spiro atoms. The molecule has 0 atom stereocenters. The number of benzene rings is 3. The Morgan fingerprint density at radius 1 is 0.684 bits per heavy atom. The van der Waals surface area contributed by atoms with Gasteiger partial charge < -0.3 is 27.0 Å². The third-order valence-corrected chi connectivity index (χ3v) is 5.54. The first-order chi connectivity index (χ1) is 18.5. The third-order valence-electron chi connectivity index (χ3n) is 5.54. The van der Waals surface area contributed by atoms with Crippen molar-refractivity contribution in [1.29, 1.82) is 0 Å². The molecule has 11 nitrogen and oxygen atoms in total. The summed E-state index contributed by atoms with van der Waals surface area (Å²) in [4.78, 5) is 41.7. The zero-order chi connectivity index (χ0) is 26.5. The molecule has 0 bridgehead atoms. The topological polar surface area (TPSA) is 156 Å². The van der Waals surface area contributed by atoms with E-state index in [0.29, 0.717) is 39.4 Å². The van der Waals surface area contributed by atoms with Gasteiger partial charge in [0.05, 0.1) is 5.56 Å². The molecule has 5 aromatic rings. The summed E-state index contributed by atoms with van der Waals surface area (Å²) in [5, 5.41) is 15.1. The van der Waals surface area contributed by atoms with Crippen LogP contribution in [0.1, 0.15) is 20.7 Å². The molecule has 0 aliphatic heterocycles. The van der Waals surface area contributed by atoms with Gasteiger partial charge in [-0.15, -0.1) is 0 Å². The minimum Gasteiger partial charge on any atom is -0.382 e. The predicted molar refractivity (Wildman–Crippen MR) is 145 cm³/mol. The van der Waals surface area contributed by atoms with E-state index in [1.807, 2.05) is 18.2 Å². The summed E-state index contributed by atoms with van der Waals surface area (Å²) >= 11 is 0. The average Bonchev–Trinajstić information content (AvgIpc) is 3.36. The second-order valence-electron chi connectivity index (χ2n) is 8.18. The first-order valence-corrected chi connectivity index (χ1v) is 11.5. The van der Waals surface area contributed by atoms with Crippen molar-refractivity contribution < 1.29 is 14.4 Å². The molecule has 38 heavy (non-hydrogen) atoms. The number of carbonyl (C=O) groups excluding carboxylic acids is 3. The Morgan fingerprint density at radius 2 is 1.32 bits per heavy atom. The van der Waals surface area contributed by atoms with E-state index in [0.717, 1.165) is 0 Å². The number of rotatable bonds is 6. The SMILES string of the molecule is Nc1ncnn2ccc(C(=O)Nc3ccc(NC(=O)Nc4cccc(C(=O)Nc5ccccc5)c4)cc3)c12. The van der Waals surface area contributed by atoms with E-state index < -0.39 is 6.03 Å². The number of hydrogen-bond acceptors (Lipinski definition) is 6. The second kappa shape index (κ2) is 10.5. The summed E-state index contributed by atoms with van der Waals surface area (Å²) in [6.07, 6.45) is 2.94. The number of fused-ring (bicyclic) bond motifs is 1. The fourth-order valence-corrected chi connectivity index (χ4v) is 3.75. The van der Waals surface area contributed by atoms with Crippen LogP contribution in [0.15, 0.2) is 97.5 Å². The molecule has 6 N–H and O–H groups in total. The molecule has 0 saturated carbocycles. The summed E-state index contributed by atoms with van der Waals surface area (Å²) in [7, 11) is 0. The number of hydrogen-bond donors (Lipinski definition) is 5. The monoisotopic (exact) mass is 506 g/mol. The Morgan fingerprint density at radius 3 is 2.08 bits per heavy atom. The molecule has 0 fully saturated rings. The zero-order valence-electron chi connectivity index (χ0n) is 19.9. The molecule has 2 aromatic heterocycles. The fraction of sp³-hybridized carbons (Fsp3) is 0. The average molecular weight is 507 g/mol. The van der Waals surface area contributed by atoms with E-state index in [2.05, 4.69) is 31.3 Å². The molecule has 188 valence electrons. The van der Waals surface area contributed by atoms with Crippen molar-refractivity contribution in [3.63, 3.8) is 0 Å². The van der Waals surface area contributed by atoms with Gasteiger partial charge in [0, 0.05) is 34.5 Å². The highest BCUT2D eigenvalue weighted by atomic mass is 16.2.